The van der Waals surface area contributed by atoms with Crippen LogP contribution in [0.4, 0.5) is 0 Å². The number of phenols is 2. The first-order valence-corrected chi connectivity index (χ1v) is 6.16. The molecule has 2 aromatic carbocycles. The monoisotopic (exact) mass is 242 g/mol. The molecule has 0 aromatic heterocycles. The van der Waals surface area contributed by atoms with E-state index in [2.05, 4.69) is 13.8 Å². The van der Waals surface area contributed by atoms with Crippen molar-refractivity contribution >= 4 is 0 Å². The second kappa shape index (κ2) is 4.73. The van der Waals surface area contributed by atoms with E-state index in [1.54, 1.807) is 18.2 Å². The van der Waals surface area contributed by atoms with E-state index in [4.69, 9.17) is 0 Å². The molecule has 2 nitrogen and oxygen atoms in total. The second-order valence-corrected chi connectivity index (χ2v) is 4.75. The van der Waals surface area contributed by atoms with Gasteiger partial charge in [-0.25, -0.2) is 0 Å². The summed E-state index contributed by atoms with van der Waals surface area (Å²) in [5.74, 6) is 0.574. The van der Waals surface area contributed by atoms with Crippen molar-refractivity contribution in [1.29, 1.82) is 0 Å². The third-order valence-electron chi connectivity index (χ3n) is 3.71. The van der Waals surface area contributed by atoms with Crippen molar-refractivity contribution in [2.45, 2.75) is 25.7 Å². The van der Waals surface area contributed by atoms with E-state index in [1.165, 1.54) is 0 Å². The van der Waals surface area contributed by atoms with Crippen LogP contribution in [-0.4, -0.2) is 10.2 Å². The van der Waals surface area contributed by atoms with Gasteiger partial charge in [0.1, 0.15) is 11.5 Å². The number of hydrogen-bond donors (Lipinski definition) is 2. The molecule has 0 aliphatic rings. The predicted molar refractivity (Wildman–Crippen MR) is 73.0 cm³/mol. The molecular formula is C16H18O2. The van der Waals surface area contributed by atoms with Crippen LogP contribution >= 0.6 is 0 Å². The Hall–Kier alpha value is -1.96. The molecule has 0 saturated heterocycles. The molecule has 0 amide bonds. The fraction of sp³-hybridized carbons (Fsp3) is 0.250. The van der Waals surface area contributed by atoms with E-state index < -0.39 is 0 Å². The second-order valence-electron chi connectivity index (χ2n) is 4.75. The van der Waals surface area contributed by atoms with E-state index in [-0.39, 0.29) is 11.2 Å². The highest BCUT2D eigenvalue weighted by atomic mass is 16.3. The summed E-state index contributed by atoms with van der Waals surface area (Å²) in [6.07, 6.45) is 0.870. The van der Waals surface area contributed by atoms with Gasteiger partial charge < -0.3 is 10.2 Å². The van der Waals surface area contributed by atoms with Crippen molar-refractivity contribution < 1.29 is 10.2 Å². The number of hydrogen-bond acceptors (Lipinski definition) is 2. The molecule has 0 spiro atoms. The third kappa shape index (κ3) is 2.06. The largest absolute Gasteiger partial charge is 0.508 e. The molecule has 2 rings (SSSR count). The normalized spacial score (nSPS) is 14.1. The average molecular weight is 242 g/mol. The highest BCUT2D eigenvalue weighted by Crippen LogP contribution is 2.39. The van der Waals surface area contributed by atoms with Crippen LogP contribution in [-0.2, 0) is 5.41 Å². The molecule has 0 fully saturated rings. The van der Waals surface area contributed by atoms with Gasteiger partial charge in [-0.15, -0.1) is 0 Å². The number of benzene rings is 2. The van der Waals surface area contributed by atoms with E-state index in [0.717, 1.165) is 17.5 Å². The molecule has 1 atom stereocenters. The van der Waals surface area contributed by atoms with Crippen LogP contribution in [0.5, 0.6) is 11.5 Å². The zero-order valence-corrected chi connectivity index (χ0v) is 10.7. The first kappa shape index (κ1) is 12.5. The summed E-state index contributed by atoms with van der Waals surface area (Å²) in [6, 6.07) is 14.6. The standard InChI is InChI=1S/C16H18O2/c1-3-16(2,12-8-10-13(17)11-9-12)14-6-4-5-7-15(14)18/h4-11,17-18H,3H2,1-2H3. The molecule has 0 bridgehead atoms. The molecule has 2 N–H and O–H groups in total. The molecule has 94 valence electrons. The van der Waals surface area contributed by atoms with Gasteiger partial charge in [-0.05, 0) is 30.2 Å². The van der Waals surface area contributed by atoms with Gasteiger partial charge in [-0.2, -0.15) is 0 Å². The Balaban J connectivity index is 2.55. The third-order valence-corrected chi connectivity index (χ3v) is 3.71. The van der Waals surface area contributed by atoms with Crippen molar-refractivity contribution in [2.75, 3.05) is 0 Å². The zero-order valence-electron chi connectivity index (χ0n) is 10.7. The van der Waals surface area contributed by atoms with Gasteiger partial charge in [-0.3, -0.25) is 0 Å². The van der Waals surface area contributed by atoms with E-state index in [0.29, 0.717) is 5.75 Å². The lowest BCUT2D eigenvalue weighted by molar-refractivity contribution is 0.440. The Morgan fingerprint density at radius 3 is 2.11 bits per heavy atom. The lowest BCUT2D eigenvalue weighted by atomic mass is 9.74. The van der Waals surface area contributed by atoms with Crippen LogP contribution in [0.1, 0.15) is 31.4 Å². The molecule has 0 aliphatic heterocycles. The van der Waals surface area contributed by atoms with Crippen molar-refractivity contribution in [1.82, 2.24) is 0 Å². The molecule has 1 unspecified atom stereocenters. The maximum Gasteiger partial charge on any atom is 0.119 e. The van der Waals surface area contributed by atoms with Gasteiger partial charge in [-0.1, -0.05) is 44.2 Å². The summed E-state index contributed by atoms with van der Waals surface area (Å²) < 4.78 is 0. The minimum absolute atomic E-state index is 0.251. The van der Waals surface area contributed by atoms with Crippen molar-refractivity contribution in [2.24, 2.45) is 0 Å². The Morgan fingerprint density at radius 2 is 1.56 bits per heavy atom. The predicted octanol–water partition coefficient (Wildman–Crippen LogP) is 3.81. The lowest BCUT2D eigenvalue weighted by Crippen LogP contribution is -2.22. The fourth-order valence-electron chi connectivity index (χ4n) is 2.32. The molecule has 2 aromatic rings. The number of aromatic hydroxyl groups is 2. The van der Waals surface area contributed by atoms with Gasteiger partial charge in [0.2, 0.25) is 0 Å². The Bertz CT molecular complexity index is 531. The first-order valence-electron chi connectivity index (χ1n) is 6.16. The van der Waals surface area contributed by atoms with Crippen LogP contribution in [0, 0.1) is 0 Å². The zero-order chi connectivity index (χ0) is 13.2. The minimum atomic E-state index is -0.251. The van der Waals surface area contributed by atoms with Crippen molar-refractivity contribution in [3.8, 4) is 11.5 Å². The SMILES string of the molecule is CCC(C)(c1ccc(O)cc1)c1ccccc1O. The number of para-hydroxylation sites is 1. The summed E-state index contributed by atoms with van der Waals surface area (Å²) in [7, 11) is 0. The number of rotatable bonds is 3. The molecule has 2 heteroatoms. The van der Waals surface area contributed by atoms with Gasteiger partial charge in [0.05, 0.1) is 0 Å². The van der Waals surface area contributed by atoms with Gasteiger partial charge in [0.15, 0.2) is 0 Å². The Kier molecular flexibility index (Phi) is 3.28. The summed E-state index contributed by atoms with van der Waals surface area (Å²) in [4.78, 5) is 0. The van der Waals surface area contributed by atoms with Crippen LogP contribution in [0.25, 0.3) is 0 Å². The summed E-state index contributed by atoms with van der Waals surface area (Å²) in [5, 5.41) is 19.4. The van der Waals surface area contributed by atoms with Crippen LogP contribution < -0.4 is 0 Å². The first-order chi connectivity index (χ1) is 8.58. The van der Waals surface area contributed by atoms with Crippen LogP contribution in [0.15, 0.2) is 48.5 Å². The Morgan fingerprint density at radius 1 is 0.944 bits per heavy atom. The maximum atomic E-state index is 10.0. The maximum absolute atomic E-state index is 10.0. The quantitative estimate of drug-likeness (QED) is 0.859. The molecule has 0 saturated carbocycles. The van der Waals surface area contributed by atoms with Crippen molar-refractivity contribution in [3.63, 3.8) is 0 Å². The van der Waals surface area contributed by atoms with Gasteiger partial charge >= 0.3 is 0 Å². The van der Waals surface area contributed by atoms with E-state index in [9.17, 15) is 10.2 Å². The van der Waals surface area contributed by atoms with Crippen LogP contribution in [0.2, 0.25) is 0 Å². The highest BCUT2D eigenvalue weighted by Gasteiger charge is 2.29. The summed E-state index contributed by atoms with van der Waals surface area (Å²) in [6.45, 7) is 4.20. The Labute approximate surface area is 108 Å². The minimum Gasteiger partial charge on any atom is -0.508 e. The summed E-state index contributed by atoms with van der Waals surface area (Å²) >= 11 is 0. The molecule has 0 heterocycles. The van der Waals surface area contributed by atoms with Crippen LogP contribution in [0.3, 0.4) is 0 Å². The fourth-order valence-corrected chi connectivity index (χ4v) is 2.32. The van der Waals surface area contributed by atoms with E-state index in [1.807, 2.05) is 30.3 Å². The topological polar surface area (TPSA) is 40.5 Å². The van der Waals surface area contributed by atoms with Crippen molar-refractivity contribution in [3.05, 3.63) is 59.7 Å². The average Bonchev–Trinajstić information content (AvgIpc) is 2.39. The summed E-state index contributed by atoms with van der Waals surface area (Å²) in [5.41, 5.74) is 1.75. The highest BCUT2D eigenvalue weighted by molar-refractivity contribution is 5.46. The van der Waals surface area contributed by atoms with Gasteiger partial charge in [0, 0.05) is 11.0 Å². The van der Waals surface area contributed by atoms with Gasteiger partial charge in [0.25, 0.3) is 0 Å². The van der Waals surface area contributed by atoms with E-state index >= 15 is 0 Å². The number of phenolic OH excluding ortho intramolecular Hbond substituents is 2. The molecular weight excluding hydrogens is 224 g/mol. The smallest absolute Gasteiger partial charge is 0.119 e. The molecule has 0 radical (unpaired) electrons. The molecule has 0 aliphatic carbocycles. The lowest BCUT2D eigenvalue weighted by Gasteiger charge is -2.30. The molecule has 18 heavy (non-hydrogen) atoms.